The highest BCUT2D eigenvalue weighted by atomic mass is 35.5. The number of likely N-dealkylation sites (tertiary alicyclic amines) is 1. The molecule has 2 aromatic rings. The molecule has 1 atom stereocenters. The van der Waals surface area contributed by atoms with Crippen LogP contribution in [0.5, 0.6) is 5.75 Å². The molecular formula is C18H24Cl3N3O2. The van der Waals surface area contributed by atoms with E-state index in [1.54, 1.807) is 18.3 Å². The summed E-state index contributed by atoms with van der Waals surface area (Å²) in [4.78, 5) is 18.7. The van der Waals surface area contributed by atoms with Crippen LogP contribution in [0.25, 0.3) is 10.9 Å². The Kier molecular flexibility index (Phi) is 9.44. The average molecular weight is 421 g/mol. The Balaban J connectivity index is 0.00000169. The standard InChI is InChI=1S/C18H22ClN3O2.2ClH/c1-20-10-13-4-3-9-22(11-13)17(23)12-24-16-7-6-15(19)14-5-2-8-21-18(14)16;;/h2,5-8,13,20H,3-4,9-12H2,1H3;2*1H. The third-order valence-electron chi connectivity index (χ3n) is 4.40. The number of piperidine rings is 1. The van der Waals surface area contributed by atoms with Gasteiger partial charge >= 0.3 is 0 Å². The Morgan fingerprint density at radius 3 is 2.96 bits per heavy atom. The molecule has 1 saturated heterocycles. The number of amides is 1. The van der Waals surface area contributed by atoms with E-state index in [1.807, 2.05) is 24.1 Å². The molecule has 1 unspecified atom stereocenters. The largest absolute Gasteiger partial charge is 0.481 e. The third-order valence-corrected chi connectivity index (χ3v) is 4.72. The monoisotopic (exact) mass is 419 g/mol. The molecule has 1 amide bonds. The maximum absolute atomic E-state index is 12.5. The first kappa shape index (κ1) is 22.8. The minimum Gasteiger partial charge on any atom is -0.481 e. The number of fused-ring (bicyclic) bond motifs is 1. The van der Waals surface area contributed by atoms with E-state index in [2.05, 4.69) is 10.3 Å². The number of carbonyl (C=O) groups is 1. The zero-order valence-electron chi connectivity index (χ0n) is 14.6. The maximum Gasteiger partial charge on any atom is 0.260 e. The lowest BCUT2D eigenvalue weighted by Crippen LogP contribution is -2.44. The second-order valence-electron chi connectivity index (χ2n) is 6.14. The van der Waals surface area contributed by atoms with Gasteiger partial charge in [-0.15, -0.1) is 24.8 Å². The Morgan fingerprint density at radius 2 is 2.19 bits per heavy atom. The fourth-order valence-electron chi connectivity index (χ4n) is 3.21. The summed E-state index contributed by atoms with van der Waals surface area (Å²) in [5, 5.41) is 4.65. The highest BCUT2D eigenvalue weighted by Gasteiger charge is 2.23. The molecule has 144 valence electrons. The zero-order valence-corrected chi connectivity index (χ0v) is 17.0. The summed E-state index contributed by atoms with van der Waals surface area (Å²) >= 11 is 6.18. The number of nitrogens with zero attached hydrogens (tertiary/aromatic N) is 2. The van der Waals surface area contributed by atoms with E-state index < -0.39 is 0 Å². The van der Waals surface area contributed by atoms with E-state index in [0.717, 1.165) is 37.9 Å². The van der Waals surface area contributed by atoms with Crippen LogP contribution in [0.2, 0.25) is 5.02 Å². The minimum absolute atomic E-state index is 0. The first-order valence-electron chi connectivity index (χ1n) is 8.27. The topological polar surface area (TPSA) is 54.5 Å². The van der Waals surface area contributed by atoms with E-state index in [-0.39, 0.29) is 37.3 Å². The number of nitrogens with one attached hydrogen (secondary N) is 1. The lowest BCUT2D eigenvalue weighted by Gasteiger charge is -2.32. The summed E-state index contributed by atoms with van der Waals surface area (Å²) in [5.74, 6) is 1.13. The van der Waals surface area contributed by atoms with Crippen LogP contribution in [0, 0.1) is 5.92 Å². The first-order valence-corrected chi connectivity index (χ1v) is 8.65. The number of hydrogen-bond acceptors (Lipinski definition) is 4. The Morgan fingerprint density at radius 1 is 1.38 bits per heavy atom. The predicted molar refractivity (Wildman–Crippen MR) is 110 cm³/mol. The Bertz CT molecular complexity index is 728. The lowest BCUT2D eigenvalue weighted by molar-refractivity contribution is -0.135. The van der Waals surface area contributed by atoms with E-state index in [1.165, 1.54) is 0 Å². The van der Waals surface area contributed by atoms with Crippen molar-refractivity contribution in [3.63, 3.8) is 0 Å². The van der Waals surface area contributed by atoms with Crippen LogP contribution in [-0.4, -0.2) is 49.1 Å². The van der Waals surface area contributed by atoms with Crippen LogP contribution < -0.4 is 10.1 Å². The molecule has 0 radical (unpaired) electrons. The van der Waals surface area contributed by atoms with Crippen LogP contribution in [0.3, 0.4) is 0 Å². The van der Waals surface area contributed by atoms with E-state index in [4.69, 9.17) is 16.3 Å². The summed E-state index contributed by atoms with van der Waals surface area (Å²) in [7, 11) is 1.95. The molecule has 8 heteroatoms. The summed E-state index contributed by atoms with van der Waals surface area (Å²) in [6.07, 6.45) is 3.90. The minimum atomic E-state index is 0. The smallest absolute Gasteiger partial charge is 0.260 e. The fraction of sp³-hybridized carbons (Fsp3) is 0.444. The van der Waals surface area contributed by atoms with Gasteiger partial charge in [-0.1, -0.05) is 11.6 Å². The molecule has 1 aromatic carbocycles. The fourth-order valence-corrected chi connectivity index (χ4v) is 3.42. The number of ether oxygens (including phenoxy) is 1. The van der Waals surface area contributed by atoms with Gasteiger partial charge in [0.15, 0.2) is 6.61 Å². The van der Waals surface area contributed by atoms with E-state index in [9.17, 15) is 4.79 Å². The molecule has 0 bridgehead atoms. The molecule has 0 spiro atoms. The van der Waals surface area contributed by atoms with Crippen LogP contribution in [0.4, 0.5) is 0 Å². The predicted octanol–water partition coefficient (Wildman–Crippen LogP) is 3.57. The third kappa shape index (κ3) is 5.36. The molecule has 0 aliphatic carbocycles. The van der Waals surface area contributed by atoms with Gasteiger partial charge < -0.3 is 15.0 Å². The van der Waals surface area contributed by atoms with Gasteiger partial charge in [0.1, 0.15) is 11.3 Å². The number of benzene rings is 1. The molecule has 1 aromatic heterocycles. The summed E-state index contributed by atoms with van der Waals surface area (Å²) in [6, 6.07) is 7.27. The molecular weight excluding hydrogens is 397 g/mol. The first-order chi connectivity index (χ1) is 11.7. The molecule has 26 heavy (non-hydrogen) atoms. The van der Waals surface area contributed by atoms with Gasteiger partial charge in [0.2, 0.25) is 0 Å². The normalized spacial score (nSPS) is 16.5. The van der Waals surface area contributed by atoms with Crippen molar-refractivity contribution in [2.24, 2.45) is 5.92 Å². The van der Waals surface area contributed by atoms with Crippen molar-refractivity contribution in [1.29, 1.82) is 0 Å². The molecule has 0 saturated carbocycles. The van der Waals surface area contributed by atoms with E-state index in [0.29, 0.717) is 22.2 Å². The summed E-state index contributed by atoms with van der Waals surface area (Å²) in [6.45, 7) is 2.57. The number of halogens is 3. The average Bonchev–Trinajstić information content (AvgIpc) is 2.62. The zero-order chi connectivity index (χ0) is 16.9. The van der Waals surface area contributed by atoms with Gasteiger partial charge in [-0.2, -0.15) is 0 Å². The van der Waals surface area contributed by atoms with E-state index >= 15 is 0 Å². The van der Waals surface area contributed by atoms with Crippen LogP contribution in [0.15, 0.2) is 30.5 Å². The second kappa shape index (κ2) is 10.8. The quantitative estimate of drug-likeness (QED) is 0.803. The molecule has 3 rings (SSSR count). The second-order valence-corrected chi connectivity index (χ2v) is 6.55. The number of rotatable bonds is 5. The van der Waals surface area contributed by atoms with Crippen LogP contribution in [0.1, 0.15) is 12.8 Å². The van der Waals surface area contributed by atoms with Crippen molar-refractivity contribution < 1.29 is 9.53 Å². The van der Waals surface area contributed by atoms with Gasteiger partial charge in [-0.25, -0.2) is 0 Å². The van der Waals surface area contributed by atoms with Crippen molar-refractivity contribution in [3.05, 3.63) is 35.5 Å². The number of carbonyl (C=O) groups excluding carboxylic acids is 1. The van der Waals surface area contributed by atoms with Crippen molar-refractivity contribution in [2.75, 3.05) is 33.3 Å². The van der Waals surface area contributed by atoms with Crippen molar-refractivity contribution in [3.8, 4) is 5.75 Å². The molecule has 1 aliphatic heterocycles. The van der Waals surface area contributed by atoms with Gasteiger partial charge in [0.25, 0.3) is 5.91 Å². The highest BCUT2D eigenvalue weighted by Crippen LogP contribution is 2.29. The van der Waals surface area contributed by atoms with Gasteiger partial charge in [-0.3, -0.25) is 9.78 Å². The SMILES string of the molecule is CNCC1CCCN(C(=O)COc2ccc(Cl)c3cccnc23)C1.Cl.Cl. The molecule has 1 N–H and O–H groups in total. The van der Waals surface area contributed by atoms with Gasteiger partial charge in [0, 0.05) is 24.7 Å². The van der Waals surface area contributed by atoms with Crippen molar-refractivity contribution in [1.82, 2.24) is 15.2 Å². The maximum atomic E-state index is 12.5. The van der Waals surface area contributed by atoms with Crippen molar-refractivity contribution >= 4 is 53.2 Å². The molecule has 1 fully saturated rings. The number of hydrogen-bond donors (Lipinski definition) is 1. The summed E-state index contributed by atoms with van der Waals surface area (Å²) < 4.78 is 5.76. The highest BCUT2D eigenvalue weighted by molar-refractivity contribution is 6.35. The number of pyridine rings is 1. The van der Waals surface area contributed by atoms with Gasteiger partial charge in [-0.05, 0) is 56.6 Å². The van der Waals surface area contributed by atoms with Crippen LogP contribution in [-0.2, 0) is 4.79 Å². The lowest BCUT2D eigenvalue weighted by atomic mass is 9.98. The molecule has 2 heterocycles. The van der Waals surface area contributed by atoms with Crippen molar-refractivity contribution in [2.45, 2.75) is 12.8 Å². The summed E-state index contributed by atoms with van der Waals surface area (Å²) in [5.41, 5.74) is 0.685. The van der Waals surface area contributed by atoms with Gasteiger partial charge in [0.05, 0.1) is 5.02 Å². The van der Waals surface area contributed by atoms with Crippen LogP contribution >= 0.6 is 36.4 Å². The Hall–Kier alpha value is -1.27. The molecule has 5 nitrogen and oxygen atoms in total. The number of aromatic nitrogens is 1. The molecule has 1 aliphatic rings. The Labute approximate surface area is 171 Å².